The maximum absolute atomic E-state index is 11.4. The van der Waals surface area contributed by atoms with Crippen molar-refractivity contribution in [1.29, 1.82) is 0 Å². The lowest BCUT2D eigenvalue weighted by Crippen LogP contribution is -2.28. The molecule has 1 rings (SSSR count). The summed E-state index contributed by atoms with van der Waals surface area (Å²) in [6.45, 7) is 12.9. The highest BCUT2D eigenvalue weighted by Crippen LogP contribution is 2.24. The number of nitrogens with zero attached hydrogens (tertiary/aromatic N) is 1. The van der Waals surface area contributed by atoms with E-state index in [1.54, 1.807) is 0 Å². The van der Waals surface area contributed by atoms with Crippen LogP contribution in [-0.4, -0.2) is 30.6 Å². The molecule has 1 unspecified atom stereocenters. The summed E-state index contributed by atoms with van der Waals surface area (Å²) in [4.78, 5) is 13.8. The molecule has 3 nitrogen and oxygen atoms in total. The van der Waals surface area contributed by atoms with Gasteiger partial charge in [-0.3, -0.25) is 9.69 Å². The normalized spacial score (nSPS) is 12.5. The van der Waals surface area contributed by atoms with Crippen molar-refractivity contribution in [3.05, 3.63) is 34.9 Å². The molecule has 0 saturated carbocycles. The van der Waals surface area contributed by atoms with Crippen molar-refractivity contribution in [2.24, 2.45) is 0 Å². The van der Waals surface area contributed by atoms with Crippen LogP contribution in [0, 0.1) is 13.8 Å². The molecular formula is C18H29NO2. The highest BCUT2D eigenvalue weighted by Gasteiger charge is 2.16. The molecule has 0 aliphatic heterocycles. The SMILES string of the molecule is CCOC(=O)CCCN(CC)C(C)c1ccc(C)cc1C. The van der Waals surface area contributed by atoms with Crippen LogP contribution in [0.15, 0.2) is 18.2 Å². The minimum absolute atomic E-state index is 0.0901. The monoisotopic (exact) mass is 291 g/mol. The number of ether oxygens (including phenoxy) is 1. The molecule has 0 spiro atoms. The summed E-state index contributed by atoms with van der Waals surface area (Å²) in [5, 5.41) is 0. The molecule has 0 aliphatic rings. The van der Waals surface area contributed by atoms with Crippen LogP contribution in [0.4, 0.5) is 0 Å². The third kappa shape index (κ3) is 5.50. The molecule has 1 aromatic rings. The van der Waals surface area contributed by atoms with E-state index in [0.29, 0.717) is 19.1 Å². The number of hydrogen-bond donors (Lipinski definition) is 0. The van der Waals surface area contributed by atoms with Crippen LogP contribution < -0.4 is 0 Å². The Balaban J connectivity index is 2.60. The van der Waals surface area contributed by atoms with E-state index < -0.39 is 0 Å². The Morgan fingerprint density at radius 3 is 2.57 bits per heavy atom. The molecule has 0 aromatic heterocycles. The second kappa shape index (κ2) is 8.83. The van der Waals surface area contributed by atoms with Crippen LogP contribution in [0.1, 0.15) is 56.3 Å². The van der Waals surface area contributed by atoms with Gasteiger partial charge in [-0.15, -0.1) is 0 Å². The first-order valence-corrected chi connectivity index (χ1v) is 7.96. The average Bonchev–Trinajstić information content (AvgIpc) is 2.43. The first-order valence-electron chi connectivity index (χ1n) is 7.96. The van der Waals surface area contributed by atoms with E-state index in [1.165, 1.54) is 16.7 Å². The molecule has 3 heteroatoms. The van der Waals surface area contributed by atoms with Gasteiger partial charge in [-0.05, 0) is 58.3 Å². The second-order valence-corrected chi connectivity index (χ2v) is 5.57. The molecule has 0 saturated heterocycles. The van der Waals surface area contributed by atoms with Crippen molar-refractivity contribution in [3.8, 4) is 0 Å². The summed E-state index contributed by atoms with van der Waals surface area (Å²) < 4.78 is 4.98. The summed E-state index contributed by atoms with van der Waals surface area (Å²) in [6, 6.07) is 7.00. The maximum Gasteiger partial charge on any atom is 0.305 e. The van der Waals surface area contributed by atoms with E-state index in [0.717, 1.165) is 19.5 Å². The number of carbonyl (C=O) groups excluding carboxylic acids is 1. The van der Waals surface area contributed by atoms with Crippen molar-refractivity contribution >= 4 is 5.97 Å². The van der Waals surface area contributed by atoms with Gasteiger partial charge in [-0.1, -0.05) is 30.7 Å². The van der Waals surface area contributed by atoms with Crippen LogP contribution in [-0.2, 0) is 9.53 Å². The fraction of sp³-hybridized carbons (Fsp3) is 0.611. The summed E-state index contributed by atoms with van der Waals surface area (Å²) >= 11 is 0. The number of carbonyl (C=O) groups is 1. The van der Waals surface area contributed by atoms with Crippen LogP contribution in [0.5, 0.6) is 0 Å². The van der Waals surface area contributed by atoms with E-state index in [1.807, 2.05) is 6.92 Å². The van der Waals surface area contributed by atoms with Gasteiger partial charge >= 0.3 is 5.97 Å². The minimum Gasteiger partial charge on any atom is -0.466 e. The first kappa shape index (κ1) is 17.7. The predicted molar refractivity (Wildman–Crippen MR) is 87.4 cm³/mol. The number of hydrogen-bond acceptors (Lipinski definition) is 3. The Labute approximate surface area is 129 Å². The molecule has 0 heterocycles. The highest BCUT2D eigenvalue weighted by molar-refractivity contribution is 5.69. The molecule has 1 atom stereocenters. The molecular weight excluding hydrogens is 262 g/mol. The zero-order valence-electron chi connectivity index (χ0n) is 14.1. The minimum atomic E-state index is -0.0901. The highest BCUT2D eigenvalue weighted by atomic mass is 16.5. The number of rotatable bonds is 8. The maximum atomic E-state index is 11.4. The fourth-order valence-corrected chi connectivity index (χ4v) is 2.78. The molecule has 0 bridgehead atoms. The Kier molecular flexibility index (Phi) is 7.44. The quantitative estimate of drug-likeness (QED) is 0.677. The summed E-state index contributed by atoms with van der Waals surface area (Å²) in [6.07, 6.45) is 1.35. The number of aryl methyl sites for hydroxylation is 2. The van der Waals surface area contributed by atoms with Crippen molar-refractivity contribution in [3.63, 3.8) is 0 Å². The van der Waals surface area contributed by atoms with Crippen molar-refractivity contribution in [1.82, 2.24) is 4.90 Å². The van der Waals surface area contributed by atoms with E-state index in [4.69, 9.17) is 4.74 Å². The zero-order chi connectivity index (χ0) is 15.8. The van der Waals surface area contributed by atoms with E-state index >= 15 is 0 Å². The van der Waals surface area contributed by atoms with Gasteiger partial charge in [0.1, 0.15) is 0 Å². The molecule has 0 fully saturated rings. The van der Waals surface area contributed by atoms with Gasteiger partial charge in [0, 0.05) is 12.5 Å². The van der Waals surface area contributed by atoms with E-state index in [-0.39, 0.29) is 5.97 Å². The summed E-state index contributed by atoms with van der Waals surface area (Å²) in [5.74, 6) is -0.0901. The van der Waals surface area contributed by atoms with Crippen molar-refractivity contribution in [2.45, 2.75) is 53.5 Å². The molecule has 118 valence electrons. The topological polar surface area (TPSA) is 29.5 Å². The Morgan fingerprint density at radius 1 is 1.29 bits per heavy atom. The van der Waals surface area contributed by atoms with Gasteiger partial charge in [-0.25, -0.2) is 0 Å². The van der Waals surface area contributed by atoms with Crippen LogP contribution in [0.2, 0.25) is 0 Å². The molecule has 0 aliphatic carbocycles. The summed E-state index contributed by atoms with van der Waals surface area (Å²) in [5.41, 5.74) is 4.01. The molecule has 21 heavy (non-hydrogen) atoms. The molecule has 0 N–H and O–H groups in total. The third-order valence-electron chi connectivity index (χ3n) is 3.96. The second-order valence-electron chi connectivity index (χ2n) is 5.57. The third-order valence-corrected chi connectivity index (χ3v) is 3.96. The molecule has 0 radical (unpaired) electrons. The predicted octanol–water partition coefficient (Wildman–Crippen LogP) is 4.03. The van der Waals surface area contributed by atoms with E-state index in [2.05, 4.69) is 50.8 Å². The van der Waals surface area contributed by atoms with E-state index in [9.17, 15) is 4.79 Å². The average molecular weight is 291 g/mol. The number of benzene rings is 1. The Hall–Kier alpha value is -1.35. The van der Waals surface area contributed by atoms with Gasteiger partial charge in [0.25, 0.3) is 0 Å². The first-order chi connectivity index (χ1) is 9.99. The van der Waals surface area contributed by atoms with Crippen molar-refractivity contribution in [2.75, 3.05) is 19.7 Å². The molecule has 1 aromatic carbocycles. The zero-order valence-corrected chi connectivity index (χ0v) is 14.1. The summed E-state index contributed by atoms with van der Waals surface area (Å²) in [7, 11) is 0. The smallest absolute Gasteiger partial charge is 0.305 e. The largest absolute Gasteiger partial charge is 0.466 e. The fourth-order valence-electron chi connectivity index (χ4n) is 2.78. The van der Waals surface area contributed by atoms with Crippen LogP contribution in [0.25, 0.3) is 0 Å². The lowest BCUT2D eigenvalue weighted by atomic mass is 9.99. The standard InChI is InChI=1S/C18H29NO2/c1-6-19(12-8-9-18(20)21-7-2)16(5)17-11-10-14(3)13-15(17)4/h10-11,13,16H,6-9,12H2,1-5H3. The van der Waals surface area contributed by atoms with Gasteiger partial charge in [-0.2, -0.15) is 0 Å². The Morgan fingerprint density at radius 2 is 2.00 bits per heavy atom. The van der Waals surface area contributed by atoms with Crippen molar-refractivity contribution < 1.29 is 9.53 Å². The van der Waals surface area contributed by atoms with Gasteiger partial charge in [0.2, 0.25) is 0 Å². The van der Waals surface area contributed by atoms with Gasteiger partial charge in [0.05, 0.1) is 6.61 Å². The van der Waals surface area contributed by atoms with Gasteiger partial charge < -0.3 is 4.74 Å². The Bertz CT molecular complexity index is 457. The lowest BCUT2D eigenvalue weighted by molar-refractivity contribution is -0.143. The van der Waals surface area contributed by atoms with Crippen LogP contribution >= 0.6 is 0 Å². The lowest BCUT2D eigenvalue weighted by Gasteiger charge is -2.29. The number of esters is 1. The van der Waals surface area contributed by atoms with Crippen LogP contribution in [0.3, 0.4) is 0 Å². The molecule has 0 amide bonds. The van der Waals surface area contributed by atoms with Gasteiger partial charge in [0.15, 0.2) is 0 Å².